The van der Waals surface area contributed by atoms with Gasteiger partial charge in [-0.25, -0.2) is 9.78 Å². The maximum absolute atomic E-state index is 13.5. The van der Waals surface area contributed by atoms with Crippen LogP contribution in [0.15, 0.2) is 46.0 Å². The van der Waals surface area contributed by atoms with Gasteiger partial charge in [0.1, 0.15) is 0 Å². The Bertz CT molecular complexity index is 1750. The third-order valence-corrected chi connectivity index (χ3v) is 6.20. The van der Waals surface area contributed by atoms with Gasteiger partial charge in [-0.3, -0.25) is 28.8 Å². The Labute approximate surface area is 189 Å². The molecule has 11 nitrogen and oxygen atoms in total. The van der Waals surface area contributed by atoms with Gasteiger partial charge in [-0.1, -0.05) is 24.3 Å². The number of hydrogen-bond acceptors (Lipinski definition) is 8. The topological polar surface area (TPSA) is 136 Å². The van der Waals surface area contributed by atoms with Gasteiger partial charge in [0.2, 0.25) is 6.79 Å². The molecule has 0 unspecified atom stereocenters. The fourth-order valence-electron chi connectivity index (χ4n) is 4.58. The molecule has 1 aliphatic carbocycles. The molecule has 0 radical (unpaired) electrons. The number of nitrogens with zero attached hydrogens (tertiary/aromatic N) is 4. The standard InChI is InChI=1S/C23H14N4O7/c1-25-21-18(22(29)26(2)23(25)30)16(12-7-14-15(34-9-33-14)8-13(12)27(31)32)17-19(24-21)10-5-3-4-6-11(10)20(17)28/h3-8H,9H2,1-2H3. The predicted octanol–water partition coefficient (Wildman–Crippen LogP) is 2.15. The Morgan fingerprint density at radius 2 is 1.62 bits per heavy atom. The number of fused-ring (bicyclic) bond motifs is 5. The number of ketones is 1. The van der Waals surface area contributed by atoms with Crippen LogP contribution in [-0.2, 0) is 14.1 Å². The van der Waals surface area contributed by atoms with Crippen molar-refractivity contribution in [1.82, 2.24) is 14.1 Å². The Morgan fingerprint density at radius 3 is 2.32 bits per heavy atom. The summed E-state index contributed by atoms with van der Waals surface area (Å²) in [6, 6.07) is 9.35. The van der Waals surface area contributed by atoms with Crippen molar-refractivity contribution < 1.29 is 19.2 Å². The highest BCUT2D eigenvalue weighted by atomic mass is 16.7. The van der Waals surface area contributed by atoms with Crippen LogP contribution in [0.5, 0.6) is 11.5 Å². The van der Waals surface area contributed by atoms with E-state index in [9.17, 15) is 24.5 Å². The summed E-state index contributed by atoms with van der Waals surface area (Å²) < 4.78 is 12.8. The number of carbonyl (C=O) groups is 1. The van der Waals surface area contributed by atoms with Gasteiger partial charge < -0.3 is 9.47 Å². The molecule has 2 aliphatic rings. The normalized spacial score (nSPS) is 13.3. The highest BCUT2D eigenvalue weighted by Gasteiger charge is 2.37. The van der Waals surface area contributed by atoms with E-state index in [0.29, 0.717) is 11.1 Å². The van der Waals surface area contributed by atoms with Gasteiger partial charge in [0.05, 0.1) is 33.2 Å². The molecule has 168 valence electrons. The maximum atomic E-state index is 13.5. The average molecular weight is 458 g/mol. The van der Waals surface area contributed by atoms with Gasteiger partial charge in [0.25, 0.3) is 11.2 Å². The highest BCUT2D eigenvalue weighted by Crippen LogP contribution is 2.48. The Balaban J connectivity index is 1.89. The smallest absolute Gasteiger partial charge is 0.332 e. The number of rotatable bonds is 2. The van der Waals surface area contributed by atoms with E-state index < -0.39 is 22.0 Å². The molecule has 0 N–H and O–H groups in total. The summed E-state index contributed by atoms with van der Waals surface area (Å²) in [7, 11) is 2.75. The molecule has 0 amide bonds. The average Bonchev–Trinajstić information content (AvgIpc) is 3.41. The zero-order valence-corrected chi connectivity index (χ0v) is 17.8. The quantitative estimate of drug-likeness (QED) is 0.290. The van der Waals surface area contributed by atoms with Crippen LogP contribution in [0.1, 0.15) is 15.9 Å². The number of benzene rings is 2. The molecule has 0 bridgehead atoms. The zero-order valence-electron chi connectivity index (χ0n) is 17.8. The summed E-state index contributed by atoms with van der Waals surface area (Å²) >= 11 is 0. The molecule has 6 rings (SSSR count). The molecule has 0 fully saturated rings. The van der Waals surface area contributed by atoms with Gasteiger partial charge in [-0.2, -0.15) is 0 Å². The SMILES string of the molecule is Cn1c(=O)c2c(-c3cc4c(cc3[N+](=O)[O-])OCO4)c3c(nc2n(C)c1=O)-c1ccccc1C3=O. The molecule has 0 spiro atoms. The number of carbonyl (C=O) groups excluding carboxylic acids is 1. The number of nitro groups is 1. The Kier molecular flexibility index (Phi) is 3.86. The van der Waals surface area contributed by atoms with Crippen LogP contribution in [0.2, 0.25) is 0 Å². The van der Waals surface area contributed by atoms with Crippen molar-refractivity contribution in [3.63, 3.8) is 0 Å². The van der Waals surface area contributed by atoms with Crippen molar-refractivity contribution in [2.45, 2.75) is 0 Å². The van der Waals surface area contributed by atoms with Crippen LogP contribution < -0.4 is 20.7 Å². The third kappa shape index (κ3) is 2.40. The van der Waals surface area contributed by atoms with E-state index in [1.165, 1.54) is 30.8 Å². The molecule has 0 saturated heterocycles. The largest absolute Gasteiger partial charge is 0.454 e. The van der Waals surface area contributed by atoms with E-state index >= 15 is 0 Å². The molecular weight excluding hydrogens is 444 g/mol. The van der Waals surface area contributed by atoms with Crippen molar-refractivity contribution in [2.24, 2.45) is 14.1 Å². The minimum absolute atomic E-state index is 0.00481. The summed E-state index contributed by atoms with van der Waals surface area (Å²) in [5, 5.41) is 12.0. The molecule has 3 heterocycles. The lowest BCUT2D eigenvalue weighted by Crippen LogP contribution is -2.37. The maximum Gasteiger partial charge on any atom is 0.332 e. The number of aromatic nitrogens is 3. The van der Waals surface area contributed by atoms with E-state index in [-0.39, 0.29) is 57.4 Å². The molecule has 4 aromatic rings. The van der Waals surface area contributed by atoms with Gasteiger partial charge >= 0.3 is 5.69 Å². The first-order chi connectivity index (χ1) is 16.3. The first kappa shape index (κ1) is 19.9. The van der Waals surface area contributed by atoms with Crippen molar-refractivity contribution >= 4 is 22.5 Å². The molecular formula is C23H14N4O7. The van der Waals surface area contributed by atoms with Crippen molar-refractivity contribution in [2.75, 3.05) is 6.79 Å². The molecule has 34 heavy (non-hydrogen) atoms. The lowest BCUT2D eigenvalue weighted by atomic mass is 9.93. The number of ether oxygens (including phenoxy) is 2. The van der Waals surface area contributed by atoms with Gasteiger partial charge in [-0.15, -0.1) is 0 Å². The summed E-state index contributed by atoms with van der Waals surface area (Å²) in [6.07, 6.45) is 0. The van der Waals surface area contributed by atoms with Crippen molar-refractivity contribution in [3.8, 4) is 33.9 Å². The van der Waals surface area contributed by atoms with E-state index in [1.807, 2.05) is 0 Å². The molecule has 2 aromatic carbocycles. The van der Waals surface area contributed by atoms with Crippen LogP contribution in [0.4, 0.5) is 5.69 Å². The second kappa shape index (κ2) is 6.61. The van der Waals surface area contributed by atoms with E-state index in [1.54, 1.807) is 24.3 Å². The highest BCUT2D eigenvalue weighted by molar-refractivity contribution is 6.26. The second-order valence-electron chi connectivity index (χ2n) is 7.97. The lowest BCUT2D eigenvalue weighted by molar-refractivity contribution is -0.384. The summed E-state index contributed by atoms with van der Waals surface area (Å²) in [6.45, 7) is -0.119. The Hall–Kier alpha value is -4.80. The third-order valence-electron chi connectivity index (χ3n) is 6.20. The number of hydrogen-bond donors (Lipinski definition) is 0. The van der Waals surface area contributed by atoms with Crippen molar-refractivity contribution in [1.29, 1.82) is 0 Å². The monoisotopic (exact) mass is 458 g/mol. The van der Waals surface area contributed by atoms with Crippen LogP contribution in [0, 0.1) is 10.1 Å². The summed E-state index contributed by atoms with van der Waals surface area (Å²) in [5.74, 6) is 0.00200. The lowest BCUT2D eigenvalue weighted by Gasteiger charge is -2.15. The first-order valence-corrected chi connectivity index (χ1v) is 10.2. The van der Waals surface area contributed by atoms with E-state index in [2.05, 4.69) is 4.98 Å². The van der Waals surface area contributed by atoms with Crippen LogP contribution >= 0.6 is 0 Å². The van der Waals surface area contributed by atoms with E-state index in [0.717, 1.165) is 4.57 Å². The molecule has 2 aromatic heterocycles. The second-order valence-corrected chi connectivity index (χ2v) is 7.97. The number of aryl methyl sites for hydroxylation is 1. The van der Waals surface area contributed by atoms with E-state index in [4.69, 9.17) is 9.47 Å². The first-order valence-electron chi connectivity index (χ1n) is 10.2. The van der Waals surface area contributed by atoms with Crippen LogP contribution in [-0.4, -0.2) is 31.6 Å². The number of pyridine rings is 1. The minimum Gasteiger partial charge on any atom is -0.454 e. The van der Waals surface area contributed by atoms with Crippen LogP contribution in [0.25, 0.3) is 33.4 Å². The zero-order chi connectivity index (χ0) is 23.9. The van der Waals surface area contributed by atoms with Crippen LogP contribution in [0.3, 0.4) is 0 Å². The predicted molar refractivity (Wildman–Crippen MR) is 119 cm³/mol. The fourth-order valence-corrected chi connectivity index (χ4v) is 4.58. The summed E-state index contributed by atoms with van der Waals surface area (Å²) in [4.78, 5) is 55.6. The number of nitro benzene ring substituents is 1. The van der Waals surface area contributed by atoms with Gasteiger partial charge in [-0.05, 0) is 6.07 Å². The summed E-state index contributed by atoms with van der Waals surface area (Å²) in [5.41, 5.74) is -0.499. The molecule has 0 atom stereocenters. The molecule has 11 heteroatoms. The van der Waals surface area contributed by atoms with Crippen molar-refractivity contribution in [3.05, 3.63) is 78.5 Å². The van der Waals surface area contributed by atoms with Gasteiger partial charge in [0, 0.05) is 30.8 Å². The Morgan fingerprint density at radius 1 is 0.941 bits per heavy atom. The minimum atomic E-state index is -0.723. The van der Waals surface area contributed by atoms with Gasteiger partial charge in [0.15, 0.2) is 22.9 Å². The molecule has 0 saturated carbocycles. The fraction of sp³-hybridized carbons (Fsp3) is 0.130. The molecule has 1 aliphatic heterocycles.